The lowest BCUT2D eigenvalue weighted by molar-refractivity contribution is 0.381. The number of thioether (sulfide) groups is 1. The van der Waals surface area contributed by atoms with Crippen molar-refractivity contribution in [1.29, 1.82) is 0 Å². The minimum Gasteiger partial charge on any atom is -0.356 e. The highest BCUT2D eigenvalue weighted by Crippen LogP contribution is 2.24. The number of hydrogen-bond acceptors (Lipinski definition) is 4. The maximum absolute atomic E-state index is 12.2. The average Bonchev–Trinajstić information content (AvgIpc) is 3.02. The number of nitrogens with zero attached hydrogens (tertiary/aromatic N) is 3. The van der Waals surface area contributed by atoms with Gasteiger partial charge in [-0.3, -0.25) is 4.99 Å². The maximum atomic E-state index is 12.2. The summed E-state index contributed by atoms with van der Waals surface area (Å²) < 4.78 is 28.7. The number of aromatic nitrogens is 1. The highest BCUT2D eigenvalue weighted by molar-refractivity contribution is 8.00. The zero-order valence-corrected chi connectivity index (χ0v) is 17.0. The molecule has 7 nitrogen and oxygen atoms in total. The molecular weight excluding hydrogens is 358 g/mol. The quantitative estimate of drug-likeness (QED) is 0.432. The van der Waals surface area contributed by atoms with Gasteiger partial charge in [0.2, 0.25) is 10.0 Å². The van der Waals surface area contributed by atoms with Gasteiger partial charge in [0.05, 0.1) is 4.90 Å². The smallest absolute Gasteiger partial charge is 0.242 e. The van der Waals surface area contributed by atoms with Gasteiger partial charge >= 0.3 is 0 Å². The number of nitrogens with one attached hydrogen (secondary N) is 2. The second-order valence-electron chi connectivity index (χ2n) is 6.48. The molecule has 1 aliphatic rings. The third-order valence-corrected chi connectivity index (χ3v) is 7.15. The van der Waals surface area contributed by atoms with Crippen molar-refractivity contribution in [2.45, 2.75) is 24.0 Å². The first-order chi connectivity index (χ1) is 11.8. The fourth-order valence-electron chi connectivity index (χ4n) is 2.68. The number of guanidine groups is 1. The lowest BCUT2D eigenvalue weighted by Crippen LogP contribution is -2.50. The van der Waals surface area contributed by atoms with Crippen LogP contribution in [0.3, 0.4) is 0 Å². The van der Waals surface area contributed by atoms with Gasteiger partial charge in [0.1, 0.15) is 0 Å². The predicted octanol–water partition coefficient (Wildman–Crippen LogP) is 0.952. The molecule has 1 fully saturated rings. The van der Waals surface area contributed by atoms with Crippen LogP contribution in [-0.4, -0.2) is 68.1 Å². The van der Waals surface area contributed by atoms with E-state index in [4.69, 9.17) is 0 Å². The molecule has 0 spiro atoms. The molecule has 142 valence electrons. The first kappa shape index (κ1) is 20.1. The van der Waals surface area contributed by atoms with E-state index in [1.165, 1.54) is 0 Å². The van der Waals surface area contributed by atoms with E-state index < -0.39 is 10.0 Å². The molecule has 0 aromatic carbocycles. The molecule has 0 aliphatic carbocycles. The topological polar surface area (TPSA) is 78.7 Å². The molecule has 2 N–H and O–H groups in total. The molecule has 2 heterocycles. The standard InChI is InChI=1S/C16H29N5O2S2/c1-13(2)15-12-21(9-10-24-15)16(17-3)18-6-7-19-25(22,23)14-5-8-20(4)11-14/h5,8,11,13,15,19H,6-7,9-10,12H2,1-4H3,(H,17,18). The van der Waals surface area contributed by atoms with Gasteiger partial charge in [-0.05, 0) is 12.0 Å². The van der Waals surface area contributed by atoms with Crippen LogP contribution in [0.25, 0.3) is 0 Å². The average molecular weight is 388 g/mol. The molecule has 1 aromatic rings. The molecule has 1 saturated heterocycles. The SMILES string of the molecule is CN=C(NCCNS(=O)(=O)c1ccn(C)c1)N1CCSC(C(C)C)C1. The van der Waals surface area contributed by atoms with E-state index in [1.54, 1.807) is 37.1 Å². The van der Waals surface area contributed by atoms with Crippen molar-refractivity contribution in [3.8, 4) is 0 Å². The molecule has 1 unspecified atom stereocenters. The maximum Gasteiger partial charge on any atom is 0.242 e. The third-order valence-electron chi connectivity index (χ3n) is 4.16. The highest BCUT2D eigenvalue weighted by Gasteiger charge is 2.24. The van der Waals surface area contributed by atoms with E-state index >= 15 is 0 Å². The summed E-state index contributed by atoms with van der Waals surface area (Å²) in [7, 11) is 0.107. The predicted molar refractivity (Wildman–Crippen MR) is 105 cm³/mol. The van der Waals surface area contributed by atoms with Crippen LogP contribution >= 0.6 is 11.8 Å². The molecule has 1 atom stereocenters. The molecule has 0 amide bonds. The van der Waals surface area contributed by atoms with Crippen LogP contribution in [0.2, 0.25) is 0 Å². The van der Waals surface area contributed by atoms with Gasteiger partial charge in [-0.25, -0.2) is 13.1 Å². The Labute approximate surface area is 155 Å². The summed E-state index contributed by atoms with van der Waals surface area (Å²) in [5.41, 5.74) is 0. The van der Waals surface area contributed by atoms with Crippen molar-refractivity contribution in [3.63, 3.8) is 0 Å². The highest BCUT2D eigenvalue weighted by atomic mass is 32.2. The second kappa shape index (κ2) is 8.95. The third kappa shape index (κ3) is 5.65. The summed E-state index contributed by atoms with van der Waals surface area (Å²) in [4.78, 5) is 6.88. The van der Waals surface area contributed by atoms with Crippen LogP contribution in [0.15, 0.2) is 28.3 Å². The Kier molecular flexibility index (Phi) is 7.21. The lowest BCUT2D eigenvalue weighted by atomic mass is 10.1. The lowest BCUT2D eigenvalue weighted by Gasteiger charge is -2.36. The Hall–Kier alpha value is -1.19. The van der Waals surface area contributed by atoms with E-state index in [-0.39, 0.29) is 4.90 Å². The minimum absolute atomic E-state index is 0.284. The van der Waals surface area contributed by atoms with E-state index in [2.05, 4.69) is 33.8 Å². The van der Waals surface area contributed by atoms with Gasteiger partial charge in [0, 0.05) is 63.7 Å². The fourth-order valence-corrected chi connectivity index (χ4v) is 5.06. The number of rotatable bonds is 6. The first-order valence-corrected chi connectivity index (χ1v) is 11.1. The molecule has 1 aliphatic heterocycles. The van der Waals surface area contributed by atoms with Gasteiger partial charge in [-0.15, -0.1) is 0 Å². The van der Waals surface area contributed by atoms with E-state index in [1.807, 2.05) is 11.8 Å². The van der Waals surface area contributed by atoms with Crippen LogP contribution in [0.1, 0.15) is 13.8 Å². The fraction of sp³-hybridized carbons (Fsp3) is 0.688. The summed E-state index contributed by atoms with van der Waals surface area (Å²) in [6.07, 6.45) is 3.31. The number of aryl methyl sites for hydroxylation is 1. The Morgan fingerprint density at radius 1 is 1.44 bits per heavy atom. The molecule has 2 rings (SSSR count). The van der Waals surface area contributed by atoms with Gasteiger partial charge in [-0.2, -0.15) is 11.8 Å². The van der Waals surface area contributed by atoms with E-state index in [9.17, 15) is 8.42 Å². The summed E-state index contributed by atoms with van der Waals surface area (Å²) in [5.74, 6) is 2.55. The van der Waals surface area contributed by atoms with Crippen LogP contribution in [0, 0.1) is 5.92 Å². The molecular formula is C16H29N5O2S2. The van der Waals surface area contributed by atoms with Gasteiger partial charge in [0.25, 0.3) is 0 Å². The second-order valence-corrected chi connectivity index (χ2v) is 9.60. The largest absolute Gasteiger partial charge is 0.356 e. The Morgan fingerprint density at radius 3 is 2.80 bits per heavy atom. The number of aliphatic imine (C=N–C) groups is 1. The molecule has 1 aromatic heterocycles. The molecule has 0 saturated carbocycles. The Bertz CT molecular complexity index is 684. The van der Waals surface area contributed by atoms with E-state index in [0.717, 1.165) is 24.8 Å². The van der Waals surface area contributed by atoms with Crippen LogP contribution in [0.4, 0.5) is 0 Å². The molecule has 0 radical (unpaired) electrons. The number of sulfonamides is 1. The van der Waals surface area contributed by atoms with Gasteiger partial charge < -0.3 is 14.8 Å². The van der Waals surface area contributed by atoms with Crippen molar-refractivity contribution in [2.24, 2.45) is 18.0 Å². The van der Waals surface area contributed by atoms with Gasteiger partial charge in [-0.1, -0.05) is 13.8 Å². The zero-order valence-electron chi connectivity index (χ0n) is 15.4. The van der Waals surface area contributed by atoms with Crippen molar-refractivity contribution in [1.82, 2.24) is 19.5 Å². The number of hydrogen-bond donors (Lipinski definition) is 2. The summed E-state index contributed by atoms with van der Waals surface area (Å²) >= 11 is 2.02. The van der Waals surface area contributed by atoms with Crippen LogP contribution < -0.4 is 10.0 Å². The van der Waals surface area contributed by atoms with Crippen molar-refractivity contribution in [2.75, 3.05) is 39.0 Å². The molecule has 9 heteroatoms. The summed E-state index contributed by atoms with van der Waals surface area (Å²) in [6.45, 7) is 7.23. The molecule has 0 bridgehead atoms. The first-order valence-electron chi connectivity index (χ1n) is 8.52. The van der Waals surface area contributed by atoms with Crippen molar-refractivity contribution >= 4 is 27.7 Å². The normalized spacial score (nSPS) is 19.5. The summed E-state index contributed by atoms with van der Waals surface area (Å²) in [6, 6.07) is 1.59. The van der Waals surface area contributed by atoms with Crippen LogP contribution in [-0.2, 0) is 17.1 Å². The van der Waals surface area contributed by atoms with Crippen LogP contribution in [0.5, 0.6) is 0 Å². The minimum atomic E-state index is -3.46. The Morgan fingerprint density at radius 2 is 2.20 bits per heavy atom. The molecule has 25 heavy (non-hydrogen) atoms. The monoisotopic (exact) mass is 387 g/mol. The summed E-state index contributed by atoms with van der Waals surface area (Å²) in [5, 5.41) is 3.86. The van der Waals surface area contributed by atoms with Gasteiger partial charge in [0.15, 0.2) is 5.96 Å². The van der Waals surface area contributed by atoms with Crippen molar-refractivity contribution < 1.29 is 8.42 Å². The van der Waals surface area contributed by atoms with E-state index in [0.29, 0.717) is 24.3 Å². The van der Waals surface area contributed by atoms with Crippen molar-refractivity contribution in [3.05, 3.63) is 18.5 Å². The Balaban J connectivity index is 1.81. The zero-order chi connectivity index (χ0) is 18.4.